The minimum absolute atomic E-state index is 0.0664. The maximum Gasteiger partial charge on any atom is 0.312 e. The van der Waals surface area contributed by atoms with Crippen LogP contribution >= 0.6 is 11.6 Å². The van der Waals surface area contributed by atoms with E-state index in [-0.39, 0.29) is 16.8 Å². The van der Waals surface area contributed by atoms with Crippen LogP contribution in [0.15, 0.2) is 30.3 Å². The van der Waals surface area contributed by atoms with Crippen LogP contribution in [-0.2, 0) is 9.53 Å². The van der Waals surface area contributed by atoms with E-state index < -0.39 is 23.1 Å². The number of pyridine rings is 1. The molecule has 0 saturated heterocycles. The van der Waals surface area contributed by atoms with Crippen LogP contribution in [-0.4, -0.2) is 18.1 Å². The van der Waals surface area contributed by atoms with Gasteiger partial charge in [-0.2, -0.15) is 0 Å². The second kappa shape index (κ2) is 5.49. The van der Waals surface area contributed by atoms with Crippen LogP contribution in [0.2, 0.25) is 5.15 Å². The molecule has 0 amide bonds. The molecule has 120 valence electrons. The van der Waals surface area contributed by atoms with Gasteiger partial charge in [0.1, 0.15) is 5.15 Å². The topological polar surface area (TPSA) is 48.4 Å². The number of para-hydroxylation sites is 1. The lowest BCUT2D eigenvalue weighted by Gasteiger charge is -2.36. The molecule has 0 saturated carbocycles. The van der Waals surface area contributed by atoms with Crippen LogP contribution in [0.5, 0.6) is 11.6 Å². The Labute approximate surface area is 138 Å². The first-order valence-corrected chi connectivity index (χ1v) is 7.45. The average molecular weight is 336 g/mol. The van der Waals surface area contributed by atoms with Gasteiger partial charge >= 0.3 is 5.97 Å². The second-order valence-corrected chi connectivity index (χ2v) is 6.32. The van der Waals surface area contributed by atoms with Gasteiger partial charge in [-0.1, -0.05) is 23.7 Å². The number of benzene rings is 1. The van der Waals surface area contributed by atoms with Crippen LogP contribution in [0.1, 0.15) is 30.9 Å². The fourth-order valence-electron chi connectivity index (χ4n) is 3.01. The lowest BCUT2D eigenvalue weighted by atomic mass is 9.70. The first kappa shape index (κ1) is 15.7. The molecule has 2 heterocycles. The van der Waals surface area contributed by atoms with E-state index in [4.69, 9.17) is 21.1 Å². The third kappa shape index (κ3) is 2.45. The number of carbonyl (C=O) groups is 1. The number of methoxy groups -OCH3 is 1. The maximum atomic E-state index is 14.2. The molecule has 1 aromatic heterocycles. The lowest BCUT2D eigenvalue weighted by Crippen LogP contribution is -2.35. The molecular weight excluding hydrogens is 321 g/mol. The Hall–Kier alpha value is -2.14. The Bertz CT molecular complexity index is 791. The van der Waals surface area contributed by atoms with Crippen molar-refractivity contribution in [3.8, 4) is 11.6 Å². The van der Waals surface area contributed by atoms with E-state index in [1.54, 1.807) is 38.1 Å². The maximum absolute atomic E-state index is 14.2. The summed E-state index contributed by atoms with van der Waals surface area (Å²) in [6, 6.07) is 8.00. The van der Waals surface area contributed by atoms with Crippen molar-refractivity contribution in [1.82, 2.24) is 4.98 Å². The smallest absolute Gasteiger partial charge is 0.312 e. The predicted molar refractivity (Wildman–Crippen MR) is 83.4 cm³/mol. The Morgan fingerprint density at radius 3 is 2.74 bits per heavy atom. The molecule has 0 spiro atoms. The van der Waals surface area contributed by atoms with E-state index in [1.807, 2.05) is 0 Å². The molecule has 1 aliphatic rings. The molecule has 0 fully saturated rings. The number of fused-ring (bicyclic) bond motifs is 2. The molecule has 2 aromatic rings. The number of hydrogen-bond donors (Lipinski definition) is 0. The molecule has 1 aromatic carbocycles. The zero-order valence-electron chi connectivity index (χ0n) is 12.9. The highest BCUT2D eigenvalue weighted by atomic mass is 35.5. The molecular formula is C17H15ClFNO3. The van der Waals surface area contributed by atoms with Crippen molar-refractivity contribution in [1.29, 1.82) is 0 Å². The van der Waals surface area contributed by atoms with Crippen molar-refractivity contribution in [2.24, 2.45) is 5.41 Å². The van der Waals surface area contributed by atoms with Crippen LogP contribution in [0.4, 0.5) is 4.39 Å². The number of rotatable bonds is 2. The summed E-state index contributed by atoms with van der Waals surface area (Å²) in [5.41, 5.74) is 0.311. The van der Waals surface area contributed by atoms with Gasteiger partial charge in [0.2, 0.25) is 5.88 Å². The number of carbonyl (C=O) groups excluding carboxylic acids is 1. The number of ether oxygens (including phenoxy) is 2. The standard InChI is InChI=1S/C17H15ClFNO3/c1-17(2,16(21)22-3)13-9-5-4-6-11(19)14(9)23-15-10(13)7-8-12(18)20-15/h4-8,13H,1-3H3. The summed E-state index contributed by atoms with van der Waals surface area (Å²) in [6.45, 7) is 3.50. The zero-order valence-corrected chi connectivity index (χ0v) is 13.6. The highest BCUT2D eigenvalue weighted by Crippen LogP contribution is 2.52. The van der Waals surface area contributed by atoms with Gasteiger partial charge in [0.05, 0.1) is 12.5 Å². The summed E-state index contributed by atoms with van der Waals surface area (Å²) in [5, 5.41) is 0.234. The molecule has 3 rings (SSSR count). The lowest BCUT2D eigenvalue weighted by molar-refractivity contribution is -0.151. The third-order valence-electron chi connectivity index (χ3n) is 4.11. The Kier molecular flexibility index (Phi) is 3.76. The number of nitrogens with zero attached hydrogens (tertiary/aromatic N) is 1. The molecule has 0 bridgehead atoms. The van der Waals surface area contributed by atoms with Gasteiger partial charge < -0.3 is 9.47 Å². The largest absolute Gasteiger partial charge is 0.469 e. The van der Waals surface area contributed by atoms with E-state index >= 15 is 0 Å². The van der Waals surface area contributed by atoms with Crippen molar-refractivity contribution in [2.45, 2.75) is 19.8 Å². The number of halogens is 2. The summed E-state index contributed by atoms with van der Waals surface area (Å²) < 4.78 is 24.7. The summed E-state index contributed by atoms with van der Waals surface area (Å²) in [4.78, 5) is 16.4. The fourth-order valence-corrected chi connectivity index (χ4v) is 3.15. The average Bonchev–Trinajstić information content (AvgIpc) is 2.52. The van der Waals surface area contributed by atoms with Crippen molar-refractivity contribution in [3.05, 3.63) is 52.4 Å². The SMILES string of the molecule is COC(=O)C(C)(C)C1c2ccc(Cl)nc2Oc2c(F)cccc21. The van der Waals surface area contributed by atoms with E-state index in [1.165, 1.54) is 13.2 Å². The molecule has 0 aliphatic carbocycles. The van der Waals surface area contributed by atoms with Crippen molar-refractivity contribution in [3.63, 3.8) is 0 Å². The number of esters is 1. The zero-order chi connectivity index (χ0) is 16.8. The minimum Gasteiger partial charge on any atom is -0.469 e. The molecule has 6 heteroatoms. The van der Waals surface area contributed by atoms with E-state index in [2.05, 4.69) is 4.98 Å². The first-order chi connectivity index (χ1) is 10.9. The van der Waals surface area contributed by atoms with Crippen molar-refractivity contribution < 1.29 is 18.7 Å². The summed E-state index contributed by atoms with van der Waals surface area (Å²) in [5.74, 6) is -1.11. The molecule has 0 radical (unpaired) electrons. The van der Waals surface area contributed by atoms with Gasteiger partial charge in [0, 0.05) is 17.0 Å². The molecule has 23 heavy (non-hydrogen) atoms. The summed E-state index contributed by atoms with van der Waals surface area (Å²) >= 11 is 5.92. The fraction of sp³-hybridized carbons (Fsp3) is 0.294. The Morgan fingerprint density at radius 2 is 2.04 bits per heavy atom. The Balaban J connectivity index is 2.27. The van der Waals surface area contributed by atoms with Crippen LogP contribution in [0, 0.1) is 11.2 Å². The van der Waals surface area contributed by atoms with Crippen molar-refractivity contribution in [2.75, 3.05) is 7.11 Å². The van der Waals surface area contributed by atoms with Gasteiger partial charge in [-0.3, -0.25) is 4.79 Å². The van der Waals surface area contributed by atoms with E-state index in [0.717, 1.165) is 0 Å². The van der Waals surface area contributed by atoms with Gasteiger partial charge in [0.25, 0.3) is 0 Å². The Morgan fingerprint density at radius 1 is 1.30 bits per heavy atom. The summed E-state index contributed by atoms with van der Waals surface area (Å²) in [7, 11) is 1.33. The van der Waals surface area contributed by atoms with Gasteiger partial charge in [-0.15, -0.1) is 0 Å². The van der Waals surface area contributed by atoms with Gasteiger partial charge in [0.15, 0.2) is 11.6 Å². The summed E-state index contributed by atoms with van der Waals surface area (Å²) in [6.07, 6.45) is 0. The molecule has 1 unspecified atom stereocenters. The molecule has 1 aliphatic heterocycles. The molecule has 4 nitrogen and oxygen atoms in total. The monoisotopic (exact) mass is 335 g/mol. The molecule has 1 atom stereocenters. The van der Waals surface area contributed by atoms with Crippen molar-refractivity contribution >= 4 is 17.6 Å². The first-order valence-electron chi connectivity index (χ1n) is 7.07. The predicted octanol–water partition coefficient (Wildman–Crippen LogP) is 4.31. The third-order valence-corrected chi connectivity index (χ3v) is 4.32. The van der Waals surface area contributed by atoms with E-state index in [0.29, 0.717) is 11.1 Å². The number of hydrogen-bond acceptors (Lipinski definition) is 4. The highest BCUT2D eigenvalue weighted by Gasteiger charge is 2.45. The van der Waals surface area contributed by atoms with Crippen LogP contribution in [0.3, 0.4) is 0 Å². The minimum atomic E-state index is -0.939. The highest BCUT2D eigenvalue weighted by molar-refractivity contribution is 6.29. The normalized spacial score (nSPS) is 16.1. The van der Waals surface area contributed by atoms with Gasteiger partial charge in [-0.05, 0) is 32.0 Å². The van der Waals surface area contributed by atoms with Crippen LogP contribution < -0.4 is 4.74 Å². The van der Waals surface area contributed by atoms with E-state index in [9.17, 15) is 9.18 Å². The quantitative estimate of drug-likeness (QED) is 0.606. The molecule has 0 N–H and O–H groups in total. The number of aromatic nitrogens is 1. The van der Waals surface area contributed by atoms with Gasteiger partial charge in [-0.25, -0.2) is 9.37 Å². The second-order valence-electron chi connectivity index (χ2n) is 5.93. The van der Waals surface area contributed by atoms with Crippen LogP contribution in [0.25, 0.3) is 0 Å².